The van der Waals surface area contributed by atoms with Gasteiger partial charge in [0.15, 0.2) is 0 Å². The van der Waals surface area contributed by atoms with E-state index in [0.717, 1.165) is 55.5 Å². The number of aliphatic hydroxyl groups is 2. The average molecular weight is 680 g/mol. The molecule has 0 bridgehead atoms. The summed E-state index contributed by atoms with van der Waals surface area (Å²) >= 11 is 0. The summed E-state index contributed by atoms with van der Waals surface area (Å²) in [6.07, 6.45) is 7.39. The van der Waals surface area contributed by atoms with Crippen molar-refractivity contribution in [3.63, 3.8) is 0 Å². The molecule has 4 N–H and O–H groups in total. The van der Waals surface area contributed by atoms with Crippen LogP contribution >= 0.6 is 0 Å². The molecule has 270 valence electrons. The number of aliphatic hydroxyl groups excluding tert-OH is 1. The Kier molecular flexibility index (Phi) is 22.1. The minimum absolute atomic E-state index is 0.139. The molecule has 1 fully saturated rings. The summed E-state index contributed by atoms with van der Waals surface area (Å²) in [5.41, 5.74) is 8.30. The SMILES string of the molecule is C=O.CCC.CO.COCOC1CCC(O)(C2C=C(c3ccc(C)cc3)N(c3ccc(OC)cc3)N2)CC1.O=CCNCc1ccccc1. The number of nitrogens with one attached hydrogen (secondary N) is 2. The molecule has 10 nitrogen and oxygen atoms in total. The molecule has 3 aromatic carbocycles. The molecule has 5 rings (SSSR count). The molecule has 1 aliphatic carbocycles. The number of benzene rings is 3. The van der Waals surface area contributed by atoms with E-state index < -0.39 is 5.60 Å². The summed E-state index contributed by atoms with van der Waals surface area (Å²) < 4.78 is 16.0. The van der Waals surface area contributed by atoms with Gasteiger partial charge >= 0.3 is 0 Å². The smallest absolute Gasteiger partial charge is 0.146 e. The third-order valence-electron chi connectivity index (χ3n) is 7.71. The zero-order chi connectivity index (χ0) is 36.5. The third-order valence-corrected chi connectivity index (χ3v) is 7.71. The molecule has 10 heteroatoms. The fourth-order valence-corrected chi connectivity index (χ4v) is 5.25. The van der Waals surface area contributed by atoms with E-state index >= 15 is 0 Å². The van der Waals surface area contributed by atoms with Crippen molar-refractivity contribution in [1.29, 1.82) is 0 Å². The topological polar surface area (TPSA) is 130 Å². The van der Waals surface area contributed by atoms with Crippen LogP contribution in [0.2, 0.25) is 0 Å². The van der Waals surface area contributed by atoms with Crippen LogP contribution in [-0.2, 0) is 25.6 Å². The second-order valence-electron chi connectivity index (χ2n) is 11.4. The van der Waals surface area contributed by atoms with E-state index in [0.29, 0.717) is 26.2 Å². The fraction of sp³-hybridized carbons (Fsp3) is 0.436. The van der Waals surface area contributed by atoms with E-state index in [2.05, 4.69) is 66.9 Å². The summed E-state index contributed by atoms with van der Waals surface area (Å²) in [6.45, 7) is 9.82. The summed E-state index contributed by atoms with van der Waals surface area (Å²) in [5.74, 6) is 0.813. The molecule has 1 heterocycles. The highest BCUT2D eigenvalue weighted by molar-refractivity contribution is 5.81. The molecule has 1 atom stereocenters. The van der Waals surface area contributed by atoms with Gasteiger partial charge in [-0.05, 0) is 74.1 Å². The zero-order valence-corrected chi connectivity index (χ0v) is 30.1. The highest BCUT2D eigenvalue weighted by Gasteiger charge is 2.43. The molecule has 0 radical (unpaired) electrons. The van der Waals surface area contributed by atoms with Gasteiger partial charge in [-0.15, -0.1) is 0 Å². The largest absolute Gasteiger partial charge is 0.497 e. The van der Waals surface area contributed by atoms with Crippen LogP contribution in [0, 0.1) is 6.92 Å². The van der Waals surface area contributed by atoms with Gasteiger partial charge in [0.2, 0.25) is 0 Å². The van der Waals surface area contributed by atoms with Crippen molar-refractivity contribution in [2.75, 3.05) is 39.7 Å². The van der Waals surface area contributed by atoms with Crippen LogP contribution < -0.4 is 20.5 Å². The van der Waals surface area contributed by atoms with E-state index in [1.54, 1.807) is 14.2 Å². The number of ether oxygens (including phenoxy) is 3. The predicted molar refractivity (Wildman–Crippen MR) is 197 cm³/mol. The van der Waals surface area contributed by atoms with Crippen molar-refractivity contribution in [2.45, 2.75) is 77.2 Å². The maximum Gasteiger partial charge on any atom is 0.146 e. The molecule has 49 heavy (non-hydrogen) atoms. The quantitative estimate of drug-likeness (QED) is 0.111. The van der Waals surface area contributed by atoms with Crippen molar-refractivity contribution < 1.29 is 34.0 Å². The number of methoxy groups -OCH3 is 2. The van der Waals surface area contributed by atoms with Gasteiger partial charge in [-0.25, -0.2) is 5.43 Å². The second-order valence-corrected chi connectivity index (χ2v) is 11.4. The number of hydrogen-bond donors (Lipinski definition) is 4. The lowest BCUT2D eigenvalue weighted by Crippen LogP contribution is -2.53. The van der Waals surface area contributed by atoms with E-state index in [4.69, 9.17) is 24.1 Å². The minimum Gasteiger partial charge on any atom is -0.497 e. The van der Waals surface area contributed by atoms with Crippen molar-refractivity contribution in [3.8, 4) is 5.75 Å². The van der Waals surface area contributed by atoms with Gasteiger partial charge < -0.3 is 39.3 Å². The summed E-state index contributed by atoms with van der Waals surface area (Å²) in [5, 5.41) is 23.6. The Morgan fingerprint density at radius 1 is 0.959 bits per heavy atom. The van der Waals surface area contributed by atoms with Crippen molar-refractivity contribution in [3.05, 3.63) is 102 Å². The van der Waals surface area contributed by atoms with E-state index in [-0.39, 0.29) is 12.1 Å². The normalized spacial score (nSPS) is 19.2. The van der Waals surface area contributed by atoms with Gasteiger partial charge in [-0.3, -0.25) is 5.01 Å². The Hall–Kier alpha value is -3.90. The summed E-state index contributed by atoms with van der Waals surface area (Å²) in [7, 11) is 4.30. The number of hydrogen-bond acceptors (Lipinski definition) is 10. The third kappa shape index (κ3) is 14.6. The summed E-state index contributed by atoms with van der Waals surface area (Å²) in [6, 6.07) is 26.2. The number of carbonyl (C=O) groups excluding carboxylic acids is 2. The van der Waals surface area contributed by atoms with E-state index in [9.17, 15) is 9.90 Å². The number of rotatable bonds is 11. The first-order valence-electron chi connectivity index (χ1n) is 16.6. The molecule has 1 saturated carbocycles. The molecular formula is C39H57N3O7. The Labute approximate surface area is 293 Å². The number of anilines is 1. The van der Waals surface area contributed by atoms with Crippen molar-refractivity contribution in [2.24, 2.45) is 0 Å². The van der Waals surface area contributed by atoms with E-state index in [1.165, 1.54) is 17.5 Å². The van der Waals surface area contributed by atoms with Crippen LogP contribution in [0.25, 0.3) is 5.70 Å². The van der Waals surface area contributed by atoms with Crippen LogP contribution in [0.1, 0.15) is 62.6 Å². The van der Waals surface area contributed by atoms with Crippen LogP contribution in [0.4, 0.5) is 5.69 Å². The lowest BCUT2D eigenvalue weighted by Gasteiger charge is -2.40. The average Bonchev–Trinajstić information content (AvgIpc) is 3.61. The molecule has 0 amide bonds. The van der Waals surface area contributed by atoms with Gasteiger partial charge in [0.1, 0.15) is 25.6 Å². The standard InChI is InChI=1S/C25H32N2O4.C9H11NO.C3H8.CH4O.CH2O/c1-18-4-6-19(7-5-18)23-16-24(25(28)14-12-22(13-15-25)31-17-29-2)26-27(23)20-8-10-21(30-3)11-9-20;11-7-6-10-8-9-4-2-1-3-5-9;1-3-2;2*1-2/h4-11,16,22,24,26,28H,12-15,17H2,1-3H3;1-5,7,10H,6,8H2;3H2,1-2H3;2H,1H3;1H2. The number of nitrogens with zero attached hydrogens (tertiary/aromatic N) is 1. The second kappa shape index (κ2) is 25.1. The van der Waals surface area contributed by atoms with Crippen molar-refractivity contribution in [1.82, 2.24) is 10.7 Å². The molecule has 1 aliphatic heterocycles. The lowest BCUT2D eigenvalue weighted by molar-refractivity contribution is -0.112. The maximum absolute atomic E-state index is 11.5. The molecule has 0 saturated heterocycles. The number of carbonyl (C=O) groups is 2. The lowest BCUT2D eigenvalue weighted by atomic mass is 9.78. The molecule has 1 unspecified atom stereocenters. The molecule has 2 aliphatic rings. The minimum atomic E-state index is -0.829. The van der Waals surface area contributed by atoms with E-state index in [1.807, 2.05) is 61.4 Å². The Morgan fingerprint density at radius 3 is 2.08 bits per heavy atom. The van der Waals surface area contributed by atoms with Gasteiger partial charge in [0, 0.05) is 20.8 Å². The number of aryl methyl sites for hydroxylation is 1. The predicted octanol–water partition coefficient (Wildman–Crippen LogP) is 5.85. The molecule has 3 aromatic rings. The summed E-state index contributed by atoms with van der Waals surface area (Å²) in [4.78, 5) is 17.9. The Morgan fingerprint density at radius 2 is 1.55 bits per heavy atom. The highest BCUT2D eigenvalue weighted by atomic mass is 16.7. The first-order valence-corrected chi connectivity index (χ1v) is 16.6. The van der Waals surface area contributed by atoms with Gasteiger partial charge in [0.25, 0.3) is 0 Å². The number of hydrazine groups is 1. The van der Waals surface area contributed by atoms with Crippen LogP contribution in [0.3, 0.4) is 0 Å². The Balaban J connectivity index is 0.000000555. The highest BCUT2D eigenvalue weighted by Crippen LogP contribution is 2.39. The fourth-order valence-electron chi connectivity index (χ4n) is 5.25. The zero-order valence-electron chi connectivity index (χ0n) is 30.1. The van der Waals surface area contributed by atoms with Gasteiger partial charge in [0.05, 0.1) is 42.8 Å². The van der Waals surface area contributed by atoms with Gasteiger partial charge in [-0.1, -0.05) is 80.4 Å². The van der Waals surface area contributed by atoms with Gasteiger partial charge in [-0.2, -0.15) is 0 Å². The van der Waals surface area contributed by atoms with Crippen LogP contribution in [0.5, 0.6) is 5.75 Å². The molecular weight excluding hydrogens is 622 g/mol. The monoisotopic (exact) mass is 679 g/mol. The Bertz CT molecular complexity index is 1300. The molecule has 0 spiro atoms. The van der Waals surface area contributed by atoms with Crippen molar-refractivity contribution >= 4 is 24.5 Å². The first-order chi connectivity index (χ1) is 23.9. The maximum atomic E-state index is 11.5. The molecule has 0 aromatic heterocycles. The number of aldehydes is 1. The first kappa shape index (κ1) is 43.1. The van der Waals surface area contributed by atoms with Crippen LogP contribution in [0.15, 0.2) is 84.9 Å². The van der Waals surface area contributed by atoms with Crippen LogP contribution in [-0.4, -0.2) is 75.7 Å².